The van der Waals surface area contributed by atoms with E-state index in [-0.39, 0.29) is 12.3 Å². The third kappa shape index (κ3) is 5.89. The first-order valence-corrected chi connectivity index (χ1v) is 12.2. The second-order valence-corrected chi connectivity index (χ2v) is 10.6. The first-order chi connectivity index (χ1) is 16.4. The molecule has 0 spiro atoms. The molecule has 1 saturated carbocycles. The Balaban J connectivity index is 1.87. The number of Topliss-reactive ketones (excluding diaryl/α,β-unsaturated/α-hetero) is 1. The maximum Gasteiger partial charge on any atom is 0.408 e. The lowest BCUT2D eigenvalue weighted by Gasteiger charge is -2.40. The fraction of sp³-hybridized carbons (Fsp3) is 0.577. The molecule has 1 aliphatic heterocycles. The van der Waals surface area contributed by atoms with Crippen molar-refractivity contribution in [2.75, 3.05) is 0 Å². The van der Waals surface area contributed by atoms with Gasteiger partial charge < -0.3 is 10.4 Å². The van der Waals surface area contributed by atoms with Crippen LogP contribution in [0, 0.1) is 17.8 Å². The lowest BCUT2D eigenvalue weighted by Crippen LogP contribution is -2.52. The highest BCUT2D eigenvalue weighted by molar-refractivity contribution is 6.16. The van der Waals surface area contributed by atoms with Gasteiger partial charge in [0.2, 0.25) is 17.7 Å². The highest BCUT2D eigenvalue weighted by Crippen LogP contribution is 2.34. The minimum atomic E-state index is -1.16. The fourth-order valence-electron chi connectivity index (χ4n) is 5.30. The van der Waals surface area contributed by atoms with Gasteiger partial charge in [0.1, 0.15) is 5.92 Å². The van der Waals surface area contributed by atoms with Crippen molar-refractivity contribution >= 4 is 29.6 Å². The van der Waals surface area contributed by atoms with Gasteiger partial charge in [-0.25, -0.2) is 4.79 Å². The van der Waals surface area contributed by atoms with Gasteiger partial charge in [0.25, 0.3) is 0 Å². The molecule has 1 aromatic carbocycles. The summed E-state index contributed by atoms with van der Waals surface area (Å²) in [6.07, 6.45) is 1.96. The minimum absolute atomic E-state index is 0.129. The van der Waals surface area contributed by atoms with Crippen molar-refractivity contribution in [2.45, 2.75) is 77.4 Å². The van der Waals surface area contributed by atoms with Crippen molar-refractivity contribution in [1.82, 2.24) is 15.5 Å². The van der Waals surface area contributed by atoms with Gasteiger partial charge in [-0.1, -0.05) is 50.1 Å². The summed E-state index contributed by atoms with van der Waals surface area (Å²) in [5, 5.41) is 15.0. The second kappa shape index (κ2) is 10.6. The molecule has 0 bridgehead atoms. The second-order valence-electron chi connectivity index (χ2n) is 10.6. The van der Waals surface area contributed by atoms with Crippen molar-refractivity contribution in [1.29, 1.82) is 0 Å². The third-order valence-corrected chi connectivity index (χ3v) is 7.05. The molecule has 4 atom stereocenters. The van der Waals surface area contributed by atoms with Crippen LogP contribution >= 0.6 is 0 Å². The van der Waals surface area contributed by atoms with Gasteiger partial charge in [-0.2, -0.15) is 0 Å². The molecule has 35 heavy (non-hydrogen) atoms. The molecule has 9 heteroatoms. The van der Waals surface area contributed by atoms with E-state index in [1.165, 1.54) is 11.8 Å². The zero-order valence-corrected chi connectivity index (χ0v) is 20.7. The number of nitrogens with zero attached hydrogens (tertiary/aromatic N) is 1. The van der Waals surface area contributed by atoms with Crippen LogP contribution in [-0.4, -0.2) is 51.2 Å². The number of carbonyl (C=O) groups excluding carboxylic acids is 4. The number of imide groups is 1. The standard InChI is InChI=1S/C26H35N3O6/c1-15-20(24(33)28-23(15)32)22(31)21(17-12-8-9-13-17)27-19(30)14-18(16-10-6-5-7-11-16)29(25(34)35)26(2,3)4/h5-7,10-11,15,17-18,20-21H,8-9,12-14H2,1-4H3,(H,27,30)(H,34,35)(H,28,32,33)/t15-,18-,20+,21?/m0/s1. The molecule has 9 nitrogen and oxygen atoms in total. The normalized spacial score (nSPS) is 22.4. The van der Waals surface area contributed by atoms with Crippen molar-refractivity contribution in [3.8, 4) is 0 Å². The number of ketones is 1. The Labute approximate surface area is 205 Å². The van der Waals surface area contributed by atoms with E-state index in [2.05, 4.69) is 10.6 Å². The first kappa shape index (κ1) is 26.4. The van der Waals surface area contributed by atoms with Crippen molar-refractivity contribution in [2.24, 2.45) is 17.8 Å². The Kier molecular flexibility index (Phi) is 7.97. The quantitative estimate of drug-likeness (QED) is 0.383. The largest absolute Gasteiger partial charge is 0.465 e. The molecule has 3 rings (SSSR count). The van der Waals surface area contributed by atoms with Crippen LogP contribution in [0.5, 0.6) is 0 Å². The maximum atomic E-state index is 13.5. The SMILES string of the molecule is C[C@@H]1C(=O)NC(=O)[C@H]1C(=O)C(NC(=O)C[C@@H](c1ccccc1)N(C(=O)O)C(C)(C)C)C1CCCC1. The molecule has 1 saturated heterocycles. The Hall–Kier alpha value is -3.23. The zero-order chi connectivity index (χ0) is 25.9. The van der Waals surface area contributed by atoms with E-state index < -0.39 is 59.1 Å². The number of nitrogens with one attached hydrogen (secondary N) is 2. The van der Waals surface area contributed by atoms with Crippen molar-refractivity contribution < 1.29 is 29.1 Å². The van der Waals surface area contributed by atoms with Gasteiger partial charge in [0, 0.05) is 5.54 Å². The molecule has 4 amide bonds. The molecule has 2 fully saturated rings. The highest BCUT2D eigenvalue weighted by Gasteiger charge is 2.47. The van der Waals surface area contributed by atoms with Crippen LogP contribution < -0.4 is 10.6 Å². The summed E-state index contributed by atoms with van der Waals surface area (Å²) in [4.78, 5) is 64.6. The van der Waals surface area contributed by atoms with E-state index in [1.54, 1.807) is 45.0 Å². The summed E-state index contributed by atoms with van der Waals surface area (Å²) in [7, 11) is 0. The lowest BCUT2D eigenvalue weighted by atomic mass is 9.83. The minimum Gasteiger partial charge on any atom is -0.465 e. The molecule has 3 N–H and O–H groups in total. The van der Waals surface area contributed by atoms with Crippen LogP contribution in [0.3, 0.4) is 0 Å². The summed E-state index contributed by atoms with van der Waals surface area (Å²) in [6, 6.07) is 7.24. The first-order valence-electron chi connectivity index (χ1n) is 12.2. The average Bonchev–Trinajstić information content (AvgIpc) is 3.38. The highest BCUT2D eigenvalue weighted by atomic mass is 16.4. The van der Waals surface area contributed by atoms with Gasteiger partial charge in [-0.15, -0.1) is 0 Å². The molecule has 1 aromatic rings. The van der Waals surface area contributed by atoms with E-state index in [4.69, 9.17) is 0 Å². The number of carboxylic acid groups (broad SMARTS) is 1. The predicted molar refractivity (Wildman–Crippen MR) is 128 cm³/mol. The van der Waals surface area contributed by atoms with Gasteiger partial charge in [-0.05, 0) is 45.1 Å². The average molecular weight is 486 g/mol. The number of hydrogen-bond donors (Lipinski definition) is 3. The van der Waals surface area contributed by atoms with E-state index >= 15 is 0 Å². The van der Waals surface area contributed by atoms with Gasteiger partial charge in [-0.3, -0.25) is 29.4 Å². The molecule has 1 unspecified atom stereocenters. The van der Waals surface area contributed by atoms with Crippen molar-refractivity contribution in [3.05, 3.63) is 35.9 Å². The lowest BCUT2D eigenvalue weighted by molar-refractivity contribution is -0.137. The maximum absolute atomic E-state index is 13.5. The molecule has 1 aliphatic carbocycles. The Bertz CT molecular complexity index is 981. The summed E-state index contributed by atoms with van der Waals surface area (Å²) in [5.41, 5.74) is -0.122. The summed E-state index contributed by atoms with van der Waals surface area (Å²) in [6.45, 7) is 6.82. The number of amides is 4. The van der Waals surface area contributed by atoms with Crippen LogP contribution in [0.25, 0.3) is 0 Å². The van der Waals surface area contributed by atoms with E-state index in [9.17, 15) is 29.1 Å². The van der Waals surface area contributed by atoms with Crippen LogP contribution in [0.2, 0.25) is 0 Å². The molecule has 2 aliphatic rings. The Morgan fingerprint density at radius 2 is 1.69 bits per heavy atom. The summed E-state index contributed by atoms with van der Waals surface area (Å²) < 4.78 is 0. The van der Waals surface area contributed by atoms with E-state index in [1.807, 2.05) is 6.07 Å². The van der Waals surface area contributed by atoms with E-state index in [0.717, 1.165) is 25.7 Å². The fourth-order valence-corrected chi connectivity index (χ4v) is 5.30. The van der Waals surface area contributed by atoms with Crippen LogP contribution in [0.4, 0.5) is 4.79 Å². The predicted octanol–water partition coefficient (Wildman–Crippen LogP) is 3.05. The molecular weight excluding hydrogens is 450 g/mol. The zero-order valence-electron chi connectivity index (χ0n) is 20.7. The van der Waals surface area contributed by atoms with Crippen LogP contribution in [0.15, 0.2) is 30.3 Å². The summed E-state index contributed by atoms with van der Waals surface area (Å²) >= 11 is 0. The third-order valence-electron chi connectivity index (χ3n) is 7.05. The van der Waals surface area contributed by atoms with Gasteiger partial charge >= 0.3 is 6.09 Å². The Morgan fingerprint density at radius 1 is 1.09 bits per heavy atom. The summed E-state index contributed by atoms with van der Waals surface area (Å²) in [5.74, 6) is -4.11. The molecular formula is C26H35N3O6. The number of rotatable bonds is 8. The molecule has 190 valence electrons. The number of carbonyl (C=O) groups is 5. The molecule has 0 radical (unpaired) electrons. The molecule has 0 aromatic heterocycles. The van der Waals surface area contributed by atoms with Crippen LogP contribution in [-0.2, 0) is 19.2 Å². The van der Waals surface area contributed by atoms with Gasteiger partial charge in [0.15, 0.2) is 5.78 Å². The van der Waals surface area contributed by atoms with E-state index in [0.29, 0.717) is 5.56 Å². The molecule has 1 heterocycles. The Morgan fingerprint density at radius 3 is 2.17 bits per heavy atom. The number of hydrogen-bond acceptors (Lipinski definition) is 5. The van der Waals surface area contributed by atoms with Crippen molar-refractivity contribution in [3.63, 3.8) is 0 Å². The number of benzene rings is 1. The van der Waals surface area contributed by atoms with Crippen LogP contribution in [0.1, 0.15) is 71.4 Å². The van der Waals surface area contributed by atoms with Gasteiger partial charge in [0.05, 0.1) is 24.4 Å². The monoisotopic (exact) mass is 485 g/mol. The topological polar surface area (TPSA) is 133 Å². The smallest absolute Gasteiger partial charge is 0.408 e.